The molecule has 0 radical (unpaired) electrons. The number of ether oxygens (including phenoxy) is 1. The molecule has 0 saturated carbocycles. The van der Waals surface area contributed by atoms with Crippen molar-refractivity contribution in [1.82, 2.24) is 4.98 Å². The predicted octanol–water partition coefficient (Wildman–Crippen LogP) is 2.00. The number of hydrogen-bond donors (Lipinski definition) is 1. The average molecular weight is 339 g/mol. The summed E-state index contributed by atoms with van der Waals surface area (Å²) in [7, 11) is 0. The van der Waals surface area contributed by atoms with Crippen LogP contribution in [-0.4, -0.2) is 35.9 Å². The highest BCUT2D eigenvalue weighted by molar-refractivity contribution is 5.97. The highest BCUT2D eigenvalue weighted by Crippen LogP contribution is 2.22. The standard InChI is InChI=1S/C18H17N3O4/c22-16(12-25-18(24)13-7-9-19-10-8-13)20-14-3-5-15(6-4-14)21-11-1-2-17(21)23/h3-10H,1-2,11-12H2,(H,20,22). The van der Waals surface area contributed by atoms with E-state index >= 15 is 0 Å². The summed E-state index contributed by atoms with van der Waals surface area (Å²) >= 11 is 0. The first-order chi connectivity index (χ1) is 12.1. The van der Waals surface area contributed by atoms with E-state index in [1.165, 1.54) is 24.5 Å². The zero-order chi connectivity index (χ0) is 17.6. The maximum atomic E-state index is 11.9. The van der Waals surface area contributed by atoms with E-state index in [4.69, 9.17) is 4.74 Å². The second-order valence-corrected chi connectivity index (χ2v) is 5.56. The third-order valence-corrected chi connectivity index (χ3v) is 3.79. The lowest BCUT2D eigenvalue weighted by molar-refractivity contribution is -0.119. The highest BCUT2D eigenvalue weighted by Gasteiger charge is 2.21. The van der Waals surface area contributed by atoms with Gasteiger partial charge in [0.15, 0.2) is 6.61 Å². The van der Waals surface area contributed by atoms with E-state index in [0.29, 0.717) is 17.7 Å². The Morgan fingerprint density at radius 3 is 2.48 bits per heavy atom. The monoisotopic (exact) mass is 339 g/mol. The molecule has 25 heavy (non-hydrogen) atoms. The topological polar surface area (TPSA) is 88.6 Å². The Morgan fingerprint density at radius 1 is 1.12 bits per heavy atom. The van der Waals surface area contributed by atoms with Crippen LogP contribution in [-0.2, 0) is 14.3 Å². The van der Waals surface area contributed by atoms with Crippen molar-refractivity contribution in [2.45, 2.75) is 12.8 Å². The lowest BCUT2D eigenvalue weighted by atomic mass is 10.2. The molecule has 1 aromatic heterocycles. The fourth-order valence-corrected chi connectivity index (χ4v) is 2.55. The minimum atomic E-state index is -0.583. The lowest BCUT2D eigenvalue weighted by Gasteiger charge is -2.16. The van der Waals surface area contributed by atoms with Gasteiger partial charge in [-0.15, -0.1) is 0 Å². The van der Waals surface area contributed by atoms with Crippen LogP contribution in [0.25, 0.3) is 0 Å². The van der Waals surface area contributed by atoms with Gasteiger partial charge in [-0.25, -0.2) is 4.79 Å². The van der Waals surface area contributed by atoms with Crippen molar-refractivity contribution in [3.05, 3.63) is 54.4 Å². The third kappa shape index (κ3) is 4.20. The molecule has 2 aromatic rings. The Labute approximate surface area is 144 Å². The maximum Gasteiger partial charge on any atom is 0.338 e. The van der Waals surface area contributed by atoms with Crippen LogP contribution in [0.3, 0.4) is 0 Å². The highest BCUT2D eigenvalue weighted by atomic mass is 16.5. The minimum Gasteiger partial charge on any atom is -0.452 e. The molecule has 1 aromatic carbocycles. The molecule has 7 nitrogen and oxygen atoms in total. The number of carbonyl (C=O) groups excluding carboxylic acids is 3. The van der Waals surface area contributed by atoms with E-state index in [2.05, 4.69) is 10.3 Å². The Bertz CT molecular complexity index is 775. The molecule has 1 aliphatic rings. The number of nitrogens with one attached hydrogen (secondary N) is 1. The quantitative estimate of drug-likeness (QED) is 0.842. The summed E-state index contributed by atoms with van der Waals surface area (Å²) in [5.41, 5.74) is 1.72. The van der Waals surface area contributed by atoms with Crippen LogP contribution < -0.4 is 10.2 Å². The van der Waals surface area contributed by atoms with Crippen molar-refractivity contribution in [3.8, 4) is 0 Å². The maximum absolute atomic E-state index is 11.9. The number of hydrogen-bond acceptors (Lipinski definition) is 5. The molecule has 1 aliphatic heterocycles. The number of aromatic nitrogens is 1. The summed E-state index contributed by atoms with van der Waals surface area (Å²) in [5, 5.41) is 2.65. The Morgan fingerprint density at radius 2 is 1.84 bits per heavy atom. The van der Waals surface area contributed by atoms with Gasteiger partial charge in [0, 0.05) is 36.7 Å². The van der Waals surface area contributed by atoms with Crippen molar-refractivity contribution in [2.24, 2.45) is 0 Å². The Balaban J connectivity index is 1.51. The van der Waals surface area contributed by atoms with Gasteiger partial charge in [-0.05, 0) is 42.8 Å². The van der Waals surface area contributed by atoms with Crippen molar-refractivity contribution in [1.29, 1.82) is 0 Å². The van der Waals surface area contributed by atoms with Gasteiger partial charge in [0.1, 0.15) is 0 Å². The molecular weight excluding hydrogens is 322 g/mol. The molecule has 0 aliphatic carbocycles. The first-order valence-electron chi connectivity index (χ1n) is 7.91. The normalized spacial score (nSPS) is 13.6. The molecule has 128 valence electrons. The van der Waals surface area contributed by atoms with Gasteiger partial charge < -0.3 is 15.0 Å². The van der Waals surface area contributed by atoms with E-state index in [0.717, 1.165) is 18.7 Å². The van der Waals surface area contributed by atoms with Crippen molar-refractivity contribution < 1.29 is 19.1 Å². The molecule has 2 heterocycles. The molecule has 2 amide bonds. The predicted molar refractivity (Wildman–Crippen MR) is 91.2 cm³/mol. The summed E-state index contributed by atoms with van der Waals surface area (Å²) in [6.45, 7) is 0.336. The van der Waals surface area contributed by atoms with E-state index in [1.54, 1.807) is 29.2 Å². The van der Waals surface area contributed by atoms with Crippen molar-refractivity contribution in [2.75, 3.05) is 23.4 Å². The van der Waals surface area contributed by atoms with Crippen molar-refractivity contribution in [3.63, 3.8) is 0 Å². The second-order valence-electron chi connectivity index (χ2n) is 5.56. The van der Waals surface area contributed by atoms with Gasteiger partial charge >= 0.3 is 5.97 Å². The number of pyridine rings is 1. The van der Waals surface area contributed by atoms with Crippen LogP contribution >= 0.6 is 0 Å². The van der Waals surface area contributed by atoms with Gasteiger partial charge in [-0.2, -0.15) is 0 Å². The summed E-state index contributed by atoms with van der Waals surface area (Å²) in [4.78, 5) is 40.9. The van der Waals surface area contributed by atoms with Crippen LogP contribution in [0.2, 0.25) is 0 Å². The molecule has 0 unspecified atom stereocenters. The van der Waals surface area contributed by atoms with Gasteiger partial charge in [-0.1, -0.05) is 0 Å². The van der Waals surface area contributed by atoms with Crippen LogP contribution in [0.5, 0.6) is 0 Å². The first-order valence-corrected chi connectivity index (χ1v) is 7.91. The number of nitrogens with zero attached hydrogens (tertiary/aromatic N) is 2. The van der Waals surface area contributed by atoms with Crippen molar-refractivity contribution >= 4 is 29.2 Å². The SMILES string of the molecule is O=C(COC(=O)c1ccncc1)Nc1ccc(N2CCCC2=O)cc1. The molecule has 1 fully saturated rings. The Hall–Kier alpha value is -3.22. The first kappa shape index (κ1) is 16.6. The average Bonchev–Trinajstić information content (AvgIpc) is 3.07. The minimum absolute atomic E-state index is 0.111. The summed E-state index contributed by atoms with van der Waals surface area (Å²) in [6, 6.07) is 10.0. The molecule has 0 atom stereocenters. The number of esters is 1. The van der Waals surface area contributed by atoms with Crippen LogP contribution in [0.1, 0.15) is 23.2 Å². The van der Waals surface area contributed by atoms with E-state index in [-0.39, 0.29) is 12.5 Å². The van der Waals surface area contributed by atoms with Crippen LogP contribution in [0.15, 0.2) is 48.8 Å². The van der Waals surface area contributed by atoms with Gasteiger partial charge in [0.2, 0.25) is 5.91 Å². The lowest BCUT2D eigenvalue weighted by Crippen LogP contribution is -2.23. The number of benzene rings is 1. The fourth-order valence-electron chi connectivity index (χ4n) is 2.55. The molecular formula is C18H17N3O4. The summed E-state index contributed by atoms with van der Waals surface area (Å²) in [6.07, 6.45) is 4.38. The van der Waals surface area contributed by atoms with Gasteiger partial charge in [0.25, 0.3) is 5.91 Å². The molecule has 0 spiro atoms. The fraction of sp³-hybridized carbons (Fsp3) is 0.222. The Kier molecular flexibility index (Phi) is 5.03. The number of rotatable bonds is 5. The summed E-state index contributed by atoms with van der Waals surface area (Å²) < 4.78 is 4.95. The van der Waals surface area contributed by atoms with E-state index in [1.807, 2.05) is 0 Å². The van der Waals surface area contributed by atoms with E-state index in [9.17, 15) is 14.4 Å². The largest absolute Gasteiger partial charge is 0.452 e. The zero-order valence-electron chi connectivity index (χ0n) is 13.5. The number of anilines is 2. The molecule has 1 saturated heterocycles. The van der Waals surface area contributed by atoms with E-state index < -0.39 is 11.9 Å². The second kappa shape index (κ2) is 7.57. The number of amides is 2. The van der Waals surface area contributed by atoms with Gasteiger partial charge in [0.05, 0.1) is 5.56 Å². The number of carbonyl (C=O) groups is 3. The van der Waals surface area contributed by atoms with Crippen LogP contribution in [0, 0.1) is 0 Å². The zero-order valence-corrected chi connectivity index (χ0v) is 13.5. The van der Waals surface area contributed by atoms with Gasteiger partial charge in [-0.3, -0.25) is 14.6 Å². The molecule has 7 heteroatoms. The molecule has 0 bridgehead atoms. The third-order valence-electron chi connectivity index (χ3n) is 3.79. The molecule has 1 N–H and O–H groups in total. The summed E-state index contributed by atoms with van der Waals surface area (Å²) in [5.74, 6) is -0.910. The molecule has 3 rings (SSSR count). The smallest absolute Gasteiger partial charge is 0.338 e. The van der Waals surface area contributed by atoms with Crippen LogP contribution in [0.4, 0.5) is 11.4 Å².